The molecule has 0 aliphatic heterocycles. The second kappa shape index (κ2) is 7.79. The highest BCUT2D eigenvalue weighted by molar-refractivity contribution is 6.30. The van der Waals surface area contributed by atoms with Gasteiger partial charge in [-0.15, -0.1) is 0 Å². The monoisotopic (exact) mass is 338 g/mol. The van der Waals surface area contributed by atoms with Crippen molar-refractivity contribution < 1.29 is 0 Å². The third-order valence-corrected chi connectivity index (χ3v) is 3.97. The van der Waals surface area contributed by atoms with Gasteiger partial charge in [0.1, 0.15) is 18.0 Å². The summed E-state index contributed by atoms with van der Waals surface area (Å²) in [7, 11) is 0. The van der Waals surface area contributed by atoms with Crippen LogP contribution in [0.15, 0.2) is 67.0 Å². The summed E-state index contributed by atoms with van der Waals surface area (Å²) in [6.07, 6.45) is 1.56. The van der Waals surface area contributed by atoms with Gasteiger partial charge in [-0.2, -0.15) is 0 Å². The van der Waals surface area contributed by atoms with Gasteiger partial charge in [-0.05, 0) is 30.2 Å². The Hall–Kier alpha value is -2.59. The van der Waals surface area contributed by atoms with Crippen LogP contribution in [0.4, 0.5) is 11.6 Å². The van der Waals surface area contributed by atoms with Gasteiger partial charge in [-0.3, -0.25) is 0 Å². The molecule has 1 atom stereocenters. The Bertz CT molecular complexity index is 775. The highest BCUT2D eigenvalue weighted by atomic mass is 35.5. The molecule has 0 amide bonds. The largest absolute Gasteiger partial charge is 0.366 e. The van der Waals surface area contributed by atoms with Crippen molar-refractivity contribution in [2.75, 3.05) is 10.6 Å². The zero-order valence-corrected chi connectivity index (χ0v) is 14.2. The van der Waals surface area contributed by atoms with E-state index in [1.54, 1.807) is 6.33 Å². The zero-order valence-electron chi connectivity index (χ0n) is 13.4. The second-order valence-electron chi connectivity index (χ2n) is 5.55. The Morgan fingerprint density at radius 2 is 1.67 bits per heavy atom. The molecule has 24 heavy (non-hydrogen) atoms. The molecule has 2 N–H and O–H groups in total. The normalized spacial score (nSPS) is 11.8. The molecule has 0 aliphatic rings. The molecular formula is C19H19ClN4. The fraction of sp³-hybridized carbons (Fsp3) is 0.158. The lowest BCUT2D eigenvalue weighted by Crippen LogP contribution is -2.09. The molecule has 0 saturated heterocycles. The van der Waals surface area contributed by atoms with Gasteiger partial charge >= 0.3 is 0 Å². The molecule has 0 radical (unpaired) electrons. The van der Waals surface area contributed by atoms with Gasteiger partial charge in [0.05, 0.1) is 0 Å². The second-order valence-corrected chi connectivity index (χ2v) is 5.98. The molecule has 0 spiro atoms. The SMILES string of the molecule is CC(Nc1cc(NCc2ccc(Cl)cc2)ncn1)c1ccccc1. The summed E-state index contributed by atoms with van der Waals surface area (Å²) in [6, 6.07) is 20.1. The molecule has 0 fully saturated rings. The maximum Gasteiger partial charge on any atom is 0.131 e. The average Bonchev–Trinajstić information content (AvgIpc) is 2.62. The first kappa shape index (κ1) is 16.3. The van der Waals surface area contributed by atoms with Gasteiger partial charge in [0.2, 0.25) is 0 Å². The Balaban J connectivity index is 1.62. The van der Waals surface area contributed by atoms with Gasteiger partial charge in [-0.25, -0.2) is 9.97 Å². The van der Waals surface area contributed by atoms with Crippen LogP contribution in [-0.2, 0) is 6.54 Å². The number of benzene rings is 2. The van der Waals surface area contributed by atoms with E-state index in [1.165, 1.54) is 5.56 Å². The third kappa shape index (κ3) is 4.46. The number of rotatable bonds is 6. The molecule has 3 aromatic rings. The molecule has 3 rings (SSSR count). The van der Waals surface area contributed by atoms with Crippen molar-refractivity contribution in [2.24, 2.45) is 0 Å². The molecule has 5 heteroatoms. The Morgan fingerprint density at radius 1 is 0.958 bits per heavy atom. The van der Waals surface area contributed by atoms with Crippen LogP contribution in [-0.4, -0.2) is 9.97 Å². The summed E-state index contributed by atoms with van der Waals surface area (Å²) in [5.41, 5.74) is 2.36. The number of nitrogens with zero attached hydrogens (tertiary/aromatic N) is 2. The summed E-state index contributed by atoms with van der Waals surface area (Å²) in [4.78, 5) is 8.56. The van der Waals surface area contributed by atoms with Crippen LogP contribution in [0.5, 0.6) is 0 Å². The van der Waals surface area contributed by atoms with E-state index < -0.39 is 0 Å². The van der Waals surface area contributed by atoms with E-state index in [4.69, 9.17) is 11.6 Å². The molecule has 1 aromatic heterocycles. The number of hydrogen-bond donors (Lipinski definition) is 2. The molecule has 0 bridgehead atoms. The molecule has 1 heterocycles. The van der Waals surface area contributed by atoms with Crippen LogP contribution in [0, 0.1) is 0 Å². The van der Waals surface area contributed by atoms with Crippen molar-refractivity contribution in [3.8, 4) is 0 Å². The standard InChI is InChI=1S/C19H19ClN4/c1-14(16-5-3-2-4-6-16)24-19-11-18(22-13-23-19)21-12-15-7-9-17(20)10-8-15/h2-11,13-14H,12H2,1H3,(H2,21,22,23,24). The zero-order chi connectivity index (χ0) is 16.8. The molecule has 1 unspecified atom stereocenters. The first-order valence-electron chi connectivity index (χ1n) is 7.82. The van der Waals surface area contributed by atoms with E-state index in [0.717, 1.165) is 22.2 Å². The minimum atomic E-state index is 0.171. The highest BCUT2D eigenvalue weighted by Crippen LogP contribution is 2.19. The summed E-state index contributed by atoms with van der Waals surface area (Å²) in [6.45, 7) is 2.79. The van der Waals surface area contributed by atoms with Crippen LogP contribution in [0.3, 0.4) is 0 Å². The number of anilines is 2. The van der Waals surface area contributed by atoms with Crippen molar-refractivity contribution in [1.82, 2.24) is 9.97 Å². The minimum absolute atomic E-state index is 0.171. The lowest BCUT2D eigenvalue weighted by Gasteiger charge is -2.15. The number of hydrogen-bond acceptors (Lipinski definition) is 4. The van der Waals surface area contributed by atoms with E-state index in [1.807, 2.05) is 48.5 Å². The van der Waals surface area contributed by atoms with Crippen LogP contribution in [0.2, 0.25) is 5.02 Å². The minimum Gasteiger partial charge on any atom is -0.366 e. The van der Waals surface area contributed by atoms with E-state index in [9.17, 15) is 0 Å². The van der Waals surface area contributed by atoms with Crippen molar-refractivity contribution in [1.29, 1.82) is 0 Å². The summed E-state index contributed by atoms with van der Waals surface area (Å²) in [5.74, 6) is 1.57. The third-order valence-electron chi connectivity index (χ3n) is 3.72. The lowest BCUT2D eigenvalue weighted by molar-refractivity contribution is 0.871. The fourth-order valence-corrected chi connectivity index (χ4v) is 2.50. The van der Waals surface area contributed by atoms with Crippen LogP contribution in [0.1, 0.15) is 24.1 Å². The maximum absolute atomic E-state index is 5.90. The Morgan fingerprint density at radius 3 is 2.42 bits per heavy atom. The van der Waals surface area contributed by atoms with Gasteiger partial charge in [0, 0.05) is 23.7 Å². The quantitative estimate of drug-likeness (QED) is 0.670. The maximum atomic E-state index is 5.90. The molecule has 4 nitrogen and oxygen atoms in total. The lowest BCUT2D eigenvalue weighted by atomic mass is 10.1. The van der Waals surface area contributed by atoms with E-state index >= 15 is 0 Å². The predicted molar refractivity (Wildman–Crippen MR) is 99.3 cm³/mol. The highest BCUT2D eigenvalue weighted by Gasteiger charge is 2.06. The van der Waals surface area contributed by atoms with Crippen molar-refractivity contribution in [3.05, 3.63) is 83.1 Å². The molecule has 2 aromatic carbocycles. The van der Waals surface area contributed by atoms with Crippen molar-refractivity contribution >= 4 is 23.2 Å². The van der Waals surface area contributed by atoms with Crippen LogP contribution < -0.4 is 10.6 Å². The molecular weight excluding hydrogens is 320 g/mol. The molecule has 0 saturated carbocycles. The van der Waals surface area contributed by atoms with Crippen molar-refractivity contribution in [2.45, 2.75) is 19.5 Å². The summed E-state index contributed by atoms with van der Waals surface area (Å²) in [5, 5.41) is 7.43. The fourth-order valence-electron chi connectivity index (χ4n) is 2.37. The van der Waals surface area contributed by atoms with Gasteiger partial charge in [0.15, 0.2) is 0 Å². The predicted octanol–water partition coefficient (Wildman–Crippen LogP) is 4.92. The summed E-state index contributed by atoms with van der Waals surface area (Å²) < 4.78 is 0. The average molecular weight is 339 g/mol. The van der Waals surface area contributed by atoms with Crippen LogP contribution >= 0.6 is 11.6 Å². The van der Waals surface area contributed by atoms with Crippen molar-refractivity contribution in [3.63, 3.8) is 0 Å². The van der Waals surface area contributed by atoms with Gasteiger partial charge in [-0.1, -0.05) is 54.1 Å². The smallest absolute Gasteiger partial charge is 0.131 e. The number of halogens is 1. The Kier molecular flexibility index (Phi) is 5.29. The number of nitrogens with one attached hydrogen (secondary N) is 2. The topological polar surface area (TPSA) is 49.8 Å². The van der Waals surface area contributed by atoms with E-state index in [2.05, 4.69) is 39.7 Å². The van der Waals surface area contributed by atoms with E-state index in [-0.39, 0.29) is 6.04 Å². The first-order valence-corrected chi connectivity index (χ1v) is 8.20. The van der Waals surface area contributed by atoms with E-state index in [0.29, 0.717) is 6.54 Å². The molecule has 0 aliphatic carbocycles. The summed E-state index contributed by atoms with van der Waals surface area (Å²) >= 11 is 5.90. The Labute approximate surface area is 146 Å². The number of aromatic nitrogens is 2. The van der Waals surface area contributed by atoms with Crippen LogP contribution in [0.25, 0.3) is 0 Å². The van der Waals surface area contributed by atoms with Gasteiger partial charge in [0.25, 0.3) is 0 Å². The van der Waals surface area contributed by atoms with Gasteiger partial charge < -0.3 is 10.6 Å². The molecule has 122 valence electrons. The first-order chi connectivity index (χ1) is 11.7.